The number of carbonyl (C=O) groups is 1. The maximum absolute atomic E-state index is 13.7. The van der Waals surface area contributed by atoms with Gasteiger partial charge < -0.3 is 9.64 Å². The molecule has 0 bridgehead atoms. The van der Waals surface area contributed by atoms with Gasteiger partial charge in [0.15, 0.2) is 11.6 Å². The van der Waals surface area contributed by atoms with Crippen molar-refractivity contribution in [1.29, 1.82) is 5.26 Å². The quantitative estimate of drug-likeness (QED) is 0.847. The molecule has 2 rings (SSSR count). The van der Waals surface area contributed by atoms with E-state index in [0.29, 0.717) is 31.7 Å². The zero-order valence-corrected chi connectivity index (χ0v) is 12.2. The molecule has 0 aromatic heterocycles. The molecule has 1 heterocycles. The van der Waals surface area contributed by atoms with Crippen LogP contribution in [0.15, 0.2) is 18.2 Å². The number of hydrogen-bond acceptors (Lipinski definition) is 4. The van der Waals surface area contributed by atoms with E-state index in [9.17, 15) is 9.18 Å². The summed E-state index contributed by atoms with van der Waals surface area (Å²) in [4.78, 5) is 16.0. The van der Waals surface area contributed by atoms with E-state index in [4.69, 9.17) is 10.00 Å². The van der Waals surface area contributed by atoms with E-state index in [1.165, 1.54) is 19.2 Å². The first kappa shape index (κ1) is 15.3. The van der Waals surface area contributed by atoms with E-state index in [0.717, 1.165) is 0 Å². The molecule has 1 amide bonds. The minimum Gasteiger partial charge on any atom is -0.494 e. The Morgan fingerprint density at radius 3 is 2.57 bits per heavy atom. The van der Waals surface area contributed by atoms with Crippen LogP contribution in [-0.2, 0) is 0 Å². The van der Waals surface area contributed by atoms with Crippen LogP contribution in [0.5, 0.6) is 5.75 Å². The van der Waals surface area contributed by atoms with Gasteiger partial charge in [-0.05, 0) is 25.1 Å². The number of ether oxygens (including phenoxy) is 1. The van der Waals surface area contributed by atoms with Crippen molar-refractivity contribution >= 4 is 5.91 Å². The molecule has 6 heteroatoms. The average Bonchev–Trinajstić information content (AvgIpc) is 2.53. The van der Waals surface area contributed by atoms with Crippen LogP contribution in [0.25, 0.3) is 0 Å². The Labute approximate surface area is 123 Å². The number of benzene rings is 1. The van der Waals surface area contributed by atoms with Gasteiger partial charge in [-0.2, -0.15) is 5.26 Å². The highest BCUT2D eigenvalue weighted by Crippen LogP contribution is 2.19. The summed E-state index contributed by atoms with van der Waals surface area (Å²) in [6.07, 6.45) is 0. The number of halogens is 1. The molecule has 1 saturated heterocycles. The fourth-order valence-corrected chi connectivity index (χ4v) is 2.38. The lowest BCUT2D eigenvalue weighted by atomic mass is 10.1. The lowest BCUT2D eigenvalue weighted by molar-refractivity contribution is 0.0615. The van der Waals surface area contributed by atoms with Crippen molar-refractivity contribution in [3.8, 4) is 11.8 Å². The number of nitriles is 1. The van der Waals surface area contributed by atoms with Gasteiger partial charge in [0.05, 0.1) is 19.2 Å². The Hall–Kier alpha value is -2.13. The summed E-state index contributed by atoms with van der Waals surface area (Å²) in [5, 5.41) is 8.89. The molecule has 1 unspecified atom stereocenters. The molecule has 1 aliphatic heterocycles. The Bertz CT molecular complexity index is 563. The van der Waals surface area contributed by atoms with Crippen LogP contribution in [0.4, 0.5) is 4.39 Å². The largest absolute Gasteiger partial charge is 0.494 e. The van der Waals surface area contributed by atoms with Crippen molar-refractivity contribution in [3.63, 3.8) is 0 Å². The molecule has 5 nitrogen and oxygen atoms in total. The number of carbonyl (C=O) groups excluding carboxylic acids is 1. The van der Waals surface area contributed by atoms with E-state index in [1.54, 1.807) is 11.0 Å². The third kappa shape index (κ3) is 3.31. The molecule has 0 N–H and O–H groups in total. The second-order valence-corrected chi connectivity index (χ2v) is 4.98. The number of amides is 1. The molecule has 0 aliphatic carbocycles. The summed E-state index contributed by atoms with van der Waals surface area (Å²) in [6.45, 7) is 4.23. The van der Waals surface area contributed by atoms with Crippen molar-refractivity contribution in [3.05, 3.63) is 29.6 Å². The third-order valence-electron chi connectivity index (χ3n) is 3.73. The molecule has 1 atom stereocenters. The highest BCUT2D eigenvalue weighted by molar-refractivity contribution is 5.94. The van der Waals surface area contributed by atoms with Gasteiger partial charge in [-0.25, -0.2) is 4.39 Å². The molecular weight excluding hydrogens is 273 g/mol. The molecule has 1 aliphatic rings. The van der Waals surface area contributed by atoms with Crippen LogP contribution < -0.4 is 4.74 Å². The molecule has 112 valence electrons. The molecule has 1 fully saturated rings. The predicted octanol–water partition coefficient (Wildman–Crippen LogP) is 1.50. The summed E-state index contributed by atoms with van der Waals surface area (Å²) >= 11 is 0. The number of hydrogen-bond donors (Lipinski definition) is 0. The minimum absolute atomic E-state index is 0.124. The van der Waals surface area contributed by atoms with E-state index in [-0.39, 0.29) is 17.7 Å². The second kappa shape index (κ2) is 6.55. The molecular formula is C15H18FN3O2. The van der Waals surface area contributed by atoms with Crippen molar-refractivity contribution in [2.75, 3.05) is 33.3 Å². The fourth-order valence-electron chi connectivity index (χ4n) is 2.38. The predicted molar refractivity (Wildman–Crippen MR) is 75.5 cm³/mol. The van der Waals surface area contributed by atoms with Gasteiger partial charge in [-0.15, -0.1) is 0 Å². The van der Waals surface area contributed by atoms with Gasteiger partial charge in [0.1, 0.15) is 0 Å². The van der Waals surface area contributed by atoms with Crippen LogP contribution in [0.1, 0.15) is 17.3 Å². The molecule has 21 heavy (non-hydrogen) atoms. The molecule has 0 saturated carbocycles. The minimum atomic E-state index is -0.542. The first-order valence-electron chi connectivity index (χ1n) is 6.83. The van der Waals surface area contributed by atoms with E-state index in [2.05, 4.69) is 6.07 Å². The van der Waals surface area contributed by atoms with Crippen molar-refractivity contribution in [2.45, 2.75) is 13.0 Å². The Morgan fingerprint density at radius 2 is 2.05 bits per heavy atom. The fraction of sp³-hybridized carbons (Fsp3) is 0.467. The molecule has 0 spiro atoms. The third-order valence-corrected chi connectivity index (χ3v) is 3.73. The standard InChI is InChI=1S/C15H18FN3O2/c1-11(10-17)18-5-7-19(8-6-18)15(20)12-3-4-14(21-2)13(16)9-12/h3-4,9,11H,5-8H2,1-2H3. The SMILES string of the molecule is COc1ccc(C(=O)N2CCN(C(C)C#N)CC2)cc1F. The smallest absolute Gasteiger partial charge is 0.254 e. The van der Waals surface area contributed by atoms with Crippen LogP contribution in [0.3, 0.4) is 0 Å². The molecule has 0 radical (unpaired) electrons. The van der Waals surface area contributed by atoms with Gasteiger partial charge >= 0.3 is 0 Å². The number of piperazine rings is 1. The van der Waals surface area contributed by atoms with Gasteiger partial charge in [-0.3, -0.25) is 9.69 Å². The van der Waals surface area contributed by atoms with E-state index >= 15 is 0 Å². The van der Waals surface area contributed by atoms with Gasteiger partial charge in [0.25, 0.3) is 5.91 Å². The van der Waals surface area contributed by atoms with E-state index in [1.807, 2.05) is 11.8 Å². The summed E-state index contributed by atoms with van der Waals surface area (Å²) in [6, 6.07) is 6.26. The number of methoxy groups -OCH3 is 1. The second-order valence-electron chi connectivity index (χ2n) is 4.98. The normalized spacial score (nSPS) is 17.1. The van der Waals surface area contributed by atoms with Gasteiger partial charge in [-0.1, -0.05) is 0 Å². The monoisotopic (exact) mass is 291 g/mol. The lowest BCUT2D eigenvalue weighted by Crippen LogP contribution is -2.51. The number of rotatable bonds is 3. The molecule has 1 aromatic carbocycles. The lowest BCUT2D eigenvalue weighted by Gasteiger charge is -2.35. The van der Waals surface area contributed by atoms with Gasteiger partial charge in [0, 0.05) is 31.7 Å². The highest BCUT2D eigenvalue weighted by atomic mass is 19.1. The van der Waals surface area contributed by atoms with E-state index < -0.39 is 5.82 Å². The summed E-state index contributed by atoms with van der Waals surface area (Å²) in [5.74, 6) is -0.611. The van der Waals surface area contributed by atoms with Crippen molar-refractivity contribution in [2.24, 2.45) is 0 Å². The number of nitrogens with zero attached hydrogens (tertiary/aromatic N) is 3. The topological polar surface area (TPSA) is 56.6 Å². The molecule has 1 aromatic rings. The Kier molecular flexibility index (Phi) is 4.76. The first-order valence-corrected chi connectivity index (χ1v) is 6.83. The first-order chi connectivity index (χ1) is 10.1. The van der Waals surface area contributed by atoms with Crippen LogP contribution in [0.2, 0.25) is 0 Å². The maximum Gasteiger partial charge on any atom is 0.254 e. The highest BCUT2D eigenvalue weighted by Gasteiger charge is 2.25. The Morgan fingerprint density at radius 1 is 1.38 bits per heavy atom. The van der Waals surface area contributed by atoms with Gasteiger partial charge in [0.2, 0.25) is 0 Å². The zero-order chi connectivity index (χ0) is 15.4. The van der Waals surface area contributed by atoms with Crippen molar-refractivity contribution < 1.29 is 13.9 Å². The summed E-state index contributed by atoms with van der Waals surface area (Å²) in [7, 11) is 1.38. The summed E-state index contributed by atoms with van der Waals surface area (Å²) in [5.41, 5.74) is 0.315. The average molecular weight is 291 g/mol. The zero-order valence-electron chi connectivity index (χ0n) is 12.2. The van der Waals surface area contributed by atoms with Crippen LogP contribution >= 0.6 is 0 Å². The van der Waals surface area contributed by atoms with Crippen LogP contribution in [-0.4, -0.2) is 55.0 Å². The Balaban J connectivity index is 2.02. The summed E-state index contributed by atoms with van der Waals surface area (Å²) < 4.78 is 18.5. The van der Waals surface area contributed by atoms with Crippen LogP contribution in [0, 0.1) is 17.1 Å². The van der Waals surface area contributed by atoms with Crippen molar-refractivity contribution in [1.82, 2.24) is 9.80 Å². The maximum atomic E-state index is 13.7.